The molecule has 0 radical (unpaired) electrons. The van der Waals surface area contributed by atoms with Crippen LogP contribution in [-0.2, 0) is 14.3 Å². The van der Waals surface area contributed by atoms with Crippen LogP contribution in [0.2, 0.25) is 0 Å². The molecule has 0 heterocycles. The topological polar surface area (TPSA) is 35.5 Å². The number of hydrogen-bond acceptors (Lipinski definition) is 3. The molecule has 0 amide bonds. The fourth-order valence-electron chi connectivity index (χ4n) is 2.88. The number of ether oxygens (including phenoxy) is 2. The minimum absolute atomic E-state index is 0.0169. The molecular weight excluding hydrogens is 264 g/mol. The van der Waals surface area contributed by atoms with Gasteiger partial charge in [-0.15, -0.1) is 0 Å². The van der Waals surface area contributed by atoms with Crippen LogP contribution in [0, 0.1) is 0 Å². The van der Waals surface area contributed by atoms with Crippen LogP contribution in [0.5, 0.6) is 0 Å². The van der Waals surface area contributed by atoms with Crippen molar-refractivity contribution in [3.8, 4) is 0 Å². The van der Waals surface area contributed by atoms with E-state index in [4.69, 9.17) is 9.47 Å². The van der Waals surface area contributed by atoms with Gasteiger partial charge in [-0.3, -0.25) is 0 Å². The zero-order valence-electron chi connectivity index (χ0n) is 13.6. The van der Waals surface area contributed by atoms with Crippen LogP contribution < -0.4 is 0 Å². The van der Waals surface area contributed by atoms with Gasteiger partial charge in [0.15, 0.2) is 0 Å². The molecule has 122 valence electrons. The molecule has 1 saturated carbocycles. The summed E-state index contributed by atoms with van der Waals surface area (Å²) >= 11 is 0. The van der Waals surface area contributed by atoms with E-state index in [1.807, 2.05) is 0 Å². The average Bonchev–Trinajstić information content (AvgIpc) is 2.50. The highest BCUT2D eigenvalue weighted by Gasteiger charge is 2.24. The van der Waals surface area contributed by atoms with E-state index in [9.17, 15) is 4.79 Å². The Hall–Kier alpha value is -0.830. The zero-order valence-corrected chi connectivity index (χ0v) is 13.6. The van der Waals surface area contributed by atoms with Crippen molar-refractivity contribution < 1.29 is 14.3 Å². The Morgan fingerprint density at radius 3 is 2.48 bits per heavy atom. The number of esters is 1. The minimum atomic E-state index is -0.312. The van der Waals surface area contributed by atoms with Crippen LogP contribution in [0.4, 0.5) is 0 Å². The van der Waals surface area contributed by atoms with Gasteiger partial charge < -0.3 is 9.47 Å². The quantitative estimate of drug-likeness (QED) is 0.312. The first kappa shape index (κ1) is 18.2. The van der Waals surface area contributed by atoms with E-state index in [0.29, 0.717) is 0 Å². The molecule has 0 aromatic heterocycles. The molecule has 1 rings (SSSR count). The number of hydrogen-bond donors (Lipinski definition) is 0. The summed E-state index contributed by atoms with van der Waals surface area (Å²) in [6.07, 6.45) is 14.6. The van der Waals surface area contributed by atoms with Crippen LogP contribution in [0.25, 0.3) is 0 Å². The second kappa shape index (κ2) is 11.8. The van der Waals surface area contributed by atoms with Crippen molar-refractivity contribution in [1.29, 1.82) is 0 Å². The van der Waals surface area contributed by atoms with Crippen LogP contribution in [0.15, 0.2) is 12.7 Å². The Kier molecular flexibility index (Phi) is 10.2. The first-order valence-corrected chi connectivity index (χ1v) is 8.71. The molecule has 1 aliphatic carbocycles. The molecule has 3 heteroatoms. The Balaban J connectivity index is 2.01. The Bertz CT molecular complexity index is 288. The Morgan fingerprint density at radius 1 is 1.10 bits per heavy atom. The molecule has 3 nitrogen and oxygen atoms in total. The van der Waals surface area contributed by atoms with Gasteiger partial charge >= 0.3 is 5.97 Å². The second-order valence-electron chi connectivity index (χ2n) is 6.04. The van der Waals surface area contributed by atoms with Gasteiger partial charge in [-0.05, 0) is 25.7 Å². The number of carbonyl (C=O) groups is 1. The van der Waals surface area contributed by atoms with Gasteiger partial charge in [0.05, 0.1) is 6.10 Å². The van der Waals surface area contributed by atoms with Gasteiger partial charge in [0, 0.05) is 19.1 Å². The summed E-state index contributed by atoms with van der Waals surface area (Å²) in [7, 11) is 0. The van der Waals surface area contributed by atoms with Gasteiger partial charge in [-0.2, -0.15) is 0 Å². The van der Waals surface area contributed by atoms with E-state index in [1.165, 1.54) is 44.6 Å². The maximum Gasteiger partial charge on any atom is 0.330 e. The van der Waals surface area contributed by atoms with Crippen molar-refractivity contribution in [2.75, 3.05) is 6.61 Å². The molecule has 1 aliphatic rings. The molecule has 0 aliphatic heterocycles. The molecule has 0 aromatic rings. The molecule has 0 bridgehead atoms. The monoisotopic (exact) mass is 296 g/mol. The van der Waals surface area contributed by atoms with Gasteiger partial charge in [0.1, 0.15) is 6.10 Å². The third kappa shape index (κ3) is 8.92. The van der Waals surface area contributed by atoms with E-state index in [2.05, 4.69) is 13.5 Å². The fourth-order valence-corrected chi connectivity index (χ4v) is 2.88. The summed E-state index contributed by atoms with van der Waals surface area (Å²) in [5.41, 5.74) is 0. The predicted molar refractivity (Wildman–Crippen MR) is 86.3 cm³/mol. The average molecular weight is 296 g/mol. The van der Waals surface area contributed by atoms with Crippen LogP contribution in [0.3, 0.4) is 0 Å². The predicted octanol–water partition coefficient (Wildman–Crippen LogP) is 4.79. The number of rotatable bonds is 11. The summed E-state index contributed by atoms with van der Waals surface area (Å²) in [5.74, 6) is -0.312. The smallest absolute Gasteiger partial charge is 0.330 e. The summed E-state index contributed by atoms with van der Waals surface area (Å²) in [6.45, 7) is 6.53. The van der Waals surface area contributed by atoms with Gasteiger partial charge in [-0.25, -0.2) is 4.79 Å². The van der Waals surface area contributed by atoms with E-state index in [1.54, 1.807) is 0 Å². The number of unbranched alkanes of at least 4 members (excludes halogenated alkanes) is 6. The lowest BCUT2D eigenvalue weighted by Gasteiger charge is -2.28. The lowest BCUT2D eigenvalue weighted by atomic mass is 9.95. The maximum absolute atomic E-state index is 11.2. The molecule has 0 aromatic carbocycles. The van der Waals surface area contributed by atoms with Gasteiger partial charge in [0.25, 0.3) is 0 Å². The van der Waals surface area contributed by atoms with Crippen molar-refractivity contribution in [3.63, 3.8) is 0 Å². The van der Waals surface area contributed by atoms with E-state index < -0.39 is 0 Å². The second-order valence-corrected chi connectivity index (χ2v) is 6.04. The highest BCUT2D eigenvalue weighted by atomic mass is 16.5. The maximum atomic E-state index is 11.2. The molecule has 1 fully saturated rings. The zero-order chi connectivity index (χ0) is 15.3. The third-order valence-electron chi connectivity index (χ3n) is 4.13. The Morgan fingerprint density at radius 2 is 1.76 bits per heavy atom. The summed E-state index contributed by atoms with van der Waals surface area (Å²) in [5, 5.41) is 0. The van der Waals surface area contributed by atoms with E-state index in [-0.39, 0.29) is 18.2 Å². The van der Waals surface area contributed by atoms with Crippen molar-refractivity contribution in [3.05, 3.63) is 12.7 Å². The first-order valence-electron chi connectivity index (χ1n) is 8.71. The van der Waals surface area contributed by atoms with Crippen molar-refractivity contribution in [1.82, 2.24) is 0 Å². The van der Waals surface area contributed by atoms with E-state index >= 15 is 0 Å². The van der Waals surface area contributed by atoms with Gasteiger partial charge in [0.2, 0.25) is 0 Å². The summed E-state index contributed by atoms with van der Waals surface area (Å²) in [6, 6.07) is 0. The molecule has 0 spiro atoms. The van der Waals surface area contributed by atoms with Gasteiger partial charge in [-0.1, -0.05) is 52.0 Å². The molecule has 0 N–H and O–H groups in total. The number of carbonyl (C=O) groups excluding carboxylic acids is 1. The molecule has 2 atom stereocenters. The highest BCUT2D eigenvalue weighted by Crippen LogP contribution is 2.24. The normalized spacial score (nSPS) is 22.0. The van der Waals surface area contributed by atoms with Crippen LogP contribution >= 0.6 is 0 Å². The summed E-state index contributed by atoms with van der Waals surface area (Å²) < 4.78 is 11.3. The lowest BCUT2D eigenvalue weighted by molar-refractivity contribution is -0.147. The minimum Gasteiger partial charge on any atom is -0.459 e. The largest absolute Gasteiger partial charge is 0.459 e. The Labute approximate surface area is 130 Å². The summed E-state index contributed by atoms with van der Waals surface area (Å²) in [4.78, 5) is 11.2. The van der Waals surface area contributed by atoms with Crippen molar-refractivity contribution in [2.45, 2.75) is 89.8 Å². The third-order valence-corrected chi connectivity index (χ3v) is 4.13. The molecule has 0 saturated heterocycles. The standard InChI is InChI=1S/C18H32O3/c1-3-5-6-7-8-9-10-14-20-16-12-11-13-17(15-16)21-18(19)4-2/h4,16-17H,2-3,5-15H2,1H3. The first-order chi connectivity index (χ1) is 10.3. The molecular formula is C18H32O3. The SMILES string of the molecule is C=CC(=O)OC1CCCC(OCCCCCCCCC)C1. The highest BCUT2D eigenvalue weighted by molar-refractivity contribution is 5.81. The van der Waals surface area contributed by atoms with E-state index in [0.717, 1.165) is 38.7 Å². The molecule has 21 heavy (non-hydrogen) atoms. The van der Waals surface area contributed by atoms with Crippen LogP contribution in [-0.4, -0.2) is 24.8 Å². The molecule has 2 unspecified atom stereocenters. The van der Waals surface area contributed by atoms with Crippen molar-refractivity contribution in [2.24, 2.45) is 0 Å². The van der Waals surface area contributed by atoms with Crippen LogP contribution in [0.1, 0.15) is 77.6 Å². The lowest BCUT2D eigenvalue weighted by Crippen LogP contribution is -2.29. The van der Waals surface area contributed by atoms with Crippen molar-refractivity contribution >= 4 is 5.97 Å². The fraction of sp³-hybridized carbons (Fsp3) is 0.833.